The first-order chi connectivity index (χ1) is 15.8. The van der Waals surface area contributed by atoms with Crippen LogP contribution < -0.4 is 5.32 Å². The van der Waals surface area contributed by atoms with Gasteiger partial charge in [-0.05, 0) is 43.5 Å². The maximum atomic E-state index is 13.0. The first kappa shape index (κ1) is 24.8. The van der Waals surface area contributed by atoms with Gasteiger partial charge in [0.25, 0.3) is 0 Å². The second-order valence-electron chi connectivity index (χ2n) is 7.72. The van der Waals surface area contributed by atoms with Gasteiger partial charge in [0.2, 0.25) is 11.8 Å². The molecule has 2 amide bonds. The lowest BCUT2D eigenvalue weighted by Gasteiger charge is -2.34. The molecule has 174 valence electrons. The summed E-state index contributed by atoms with van der Waals surface area (Å²) in [5.41, 5.74) is 2.54. The predicted octanol–water partition coefficient (Wildman–Crippen LogP) is 4.51. The van der Waals surface area contributed by atoms with Gasteiger partial charge < -0.3 is 15.0 Å². The van der Waals surface area contributed by atoms with Crippen LogP contribution in [0.1, 0.15) is 37.3 Å². The van der Waals surface area contributed by atoms with Crippen molar-refractivity contribution in [2.45, 2.75) is 32.6 Å². The number of hydrogen-bond acceptors (Lipinski definition) is 4. The largest absolute Gasteiger partial charge is 0.463 e. The summed E-state index contributed by atoms with van der Waals surface area (Å²) in [5.74, 6) is -1.61. The lowest BCUT2D eigenvalue weighted by molar-refractivity contribution is -0.141. The zero-order chi connectivity index (χ0) is 24.0. The molecule has 33 heavy (non-hydrogen) atoms. The molecule has 1 atom stereocenters. The number of esters is 1. The number of benzene rings is 2. The second-order valence-corrected chi connectivity index (χ2v) is 8.53. The standard InChI is InChI=1S/C25H26Cl2N2O4/c1-3-33-25(32)24-16(2)29(15-22(30)28-12-11-17-7-5-4-6-8-17)23(31)14-19(24)18-9-10-20(26)21(27)13-18/h4-10,13,19H,3,11-12,14-15H2,1-2H3,(H,28,30). The SMILES string of the molecule is CCOC(=O)C1=C(C)N(CC(=O)NCCc2ccccc2)C(=O)CC1c1ccc(Cl)c(Cl)c1. The summed E-state index contributed by atoms with van der Waals surface area (Å²) in [5, 5.41) is 3.56. The zero-order valence-electron chi connectivity index (χ0n) is 18.6. The van der Waals surface area contributed by atoms with Crippen LogP contribution in [0, 0.1) is 0 Å². The molecule has 1 heterocycles. The van der Waals surface area contributed by atoms with E-state index in [-0.39, 0.29) is 31.4 Å². The monoisotopic (exact) mass is 488 g/mol. The van der Waals surface area contributed by atoms with Crippen LogP contribution in [-0.2, 0) is 25.5 Å². The molecule has 1 N–H and O–H groups in total. The number of rotatable bonds is 8. The summed E-state index contributed by atoms with van der Waals surface area (Å²) in [6, 6.07) is 14.8. The van der Waals surface area contributed by atoms with Crippen molar-refractivity contribution < 1.29 is 19.1 Å². The van der Waals surface area contributed by atoms with Gasteiger partial charge in [-0.1, -0.05) is 59.6 Å². The summed E-state index contributed by atoms with van der Waals surface area (Å²) >= 11 is 12.2. The number of carbonyl (C=O) groups is 3. The Morgan fingerprint density at radius 1 is 1.12 bits per heavy atom. The van der Waals surface area contributed by atoms with Crippen molar-refractivity contribution in [2.75, 3.05) is 19.7 Å². The minimum Gasteiger partial charge on any atom is -0.463 e. The molecule has 8 heteroatoms. The summed E-state index contributed by atoms with van der Waals surface area (Å²) in [4.78, 5) is 39.7. The Balaban J connectivity index is 1.79. The van der Waals surface area contributed by atoms with Gasteiger partial charge in [-0.25, -0.2) is 4.79 Å². The molecule has 6 nitrogen and oxygen atoms in total. The highest BCUT2D eigenvalue weighted by Crippen LogP contribution is 2.38. The zero-order valence-corrected chi connectivity index (χ0v) is 20.1. The molecule has 1 unspecified atom stereocenters. The van der Waals surface area contributed by atoms with Crippen molar-refractivity contribution in [1.82, 2.24) is 10.2 Å². The van der Waals surface area contributed by atoms with Gasteiger partial charge in [0, 0.05) is 24.6 Å². The first-order valence-corrected chi connectivity index (χ1v) is 11.5. The average molecular weight is 489 g/mol. The van der Waals surface area contributed by atoms with Gasteiger partial charge in [0.1, 0.15) is 6.54 Å². The number of hydrogen-bond donors (Lipinski definition) is 1. The number of ether oxygens (including phenoxy) is 1. The summed E-state index contributed by atoms with van der Waals surface area (Å²) in [6.45, 7) is 3.84. The second kappa shape index (κ2) is 11.3. The first-order valence-electron chi connectivity index (χ1n) is 10.8. The minimum absolute atomic E-state index is 0.0146. The fraction of sp³-hybridized carbons (Fsp3) is 0.320. The van der Waals surface area contributed by atoms with Crippen molar-refractivity contribution in [3.8, 4) is 0 Å². The molecule has 2 aromatic rings. The van der Waals surface area contributed by atoms with E-state index in [4.69, 9.17) is 27.9 Å². The third-order valence-corrected chi connectivity index (χ3v) is 6.28. The Kier molecular flexibility index (Phi) is 8.53. The number of amides is 2. The Bertz CT molecular complexity index is 1070. The smallest absolute Gasteiger partial charge is 0.336 e. The number of allylic oxidation sites excluding steroid dienone is 1. The van der Waals surface area contributed by atoms with E-state index in [1.165, 1.54) is 4.90 Å². The number of halogens is 2. The van der Waals surface area contributed by atoms with Gasteiger partial charge in [-0.2, -0.15) is 0 Å². The van der Waals surface area contributed by atoms with Gasteiger partial charge >= 0.3 is 5.97 Å². The van der Waals surface area contributed by atoms with E-state index >= 15 is 0 Å². The van der Waals surface area contributed by atoms with Gasteiger partial charge in [0.05, 0.1) is 22.2 Å². The van der Waals surface area contributed by atoms with E-state index in [9.17, 15) is 14.4 Å². The molecule has 0 saturated carbocycles. The van der Waals surface area contributed by atoms with Gasteiger partial charge in [-0.15, -0.1) is 0 Å². The van der Waals surface area contributed by atoms with Crippen LogP contribution in [-0.4, -0.2) is 42.4 Å². The number of nitrogens with zero attached hydrogens (tertiary/aromatic N) is 1. The molecule has 0 radical (unpaired) electrons. The molecule has 0 spiro atoms. The predicted molar refractivity (Wildman–Crippen MR) is 128 cm³/mol. The van der Waals surface area contributed by atoms with E-state index in [1.54, 1.807) is 32.0 Å². The van der Waals surface area contributed by atoms with Crippen molar-refractivity contribution in [2.24, 2.45) is 0 Å². The molecular formula is C25H26Cl2N2O4. The average Bonchev–Trinajstić information content (AvgIpc) is 2.79. The van der Waals surface area contributed by atoms with Crippen LogP contribution in [0.5, 0.6) is 0 Å². The van der Waals surface area contributed by atoms with Crippen LogP contribution in [0.25, 0.3) is 0 Å². The van der Waals surface area contributed by atoms with Crippen molar-refractivity contribution in [1.29, 1.82) is 0 Å². The summed E-state index contributed by atoms with van der Waals surface area (Å²) < 4.78 is 5.27. The normalized spacial score (nSPS) is 16.1. The quantitative estimate of drug-likeness (QED) is 0.554. The molecule has 2 aromatic carbocycles. The highest BCUT2D eigenvalue weighted by molar-refractivity contribution is 6.42. The fourth-order valence-corrected chi connectivity index (χ4v) is 4.19. The van der Waals surface area contributed by atoms with E-state index < -0.39 is 11.9 Å². The van der Waals surface area contributed by atoms with Crippen LogP contribution >= 0.6 is 23.2 Å². The molecule has 3 rings (SSSR count). The molecule has 0 bridgehead atoms. The number of carbonyl (C=O) groups excluding carboxylic acids is 3. The fourth-order valence-electron chi connectivity index (χ4n) is 3.88. The Morgan fingerprint density at radius 2 is 1.85 bits per heavy atom. The van der Waals surface area contributed by atoms with E-state index in [0.29, 0.717) is 39.8 Å². The third-order valence-electron chi connectivity index (χ3n) is 5.54. The molecule has 0 aromatic heterocycles. The summed E-state index contributed by atoms with van der Waals surface area (Å²) in [6.07, 6.45) is 0.698. The number of nitrogens with one attached hydrogen (secondary N) is 1. The van der Waals surface area contributed by atoms with Crippen molar-refractivity contribution >= 4 is 41.0 Å². The molecule has 1 aliphatic heterocycles. The van der Waals surface area contributed by atoms with Crippen LogP contribution in [0.4, 0.5) is 0 Å². The molecule has 0 fully saturated rings. The van der Waals surface area contributed by atoms with Gasteiger partial charge in [0.15, 0.2) is 0 Å². The molecule has 1 aliphatic rings. The summed E-state index contributed by atoms with van der Waals surface area (Å²) in [7, 11) is 0. The maximum Gasteiger partial charge on any atom is 0.336 e. The highest BCUT2D eigenvalue weighted by atomic mass is 35.5. The Labute approximate surface area is 203 Å². The molecule has 0 aliphatic carbocycles. The van der Waals surface area contributed by atoms with Crippen LogP contribution in [0.15, 0.2) is 59.8 Å². The minimum atomic E-state index is -0.538. The topological polar surface area (TPSA) is 75.7 Å². The Morgan fingerprint density at radius 3 is 2.52 bits per heavy atom. The van der Waals surface area contributed by atoms with Gasteiger partial charge in [-0.3, -0.25) is 9.59 Å². The Hall–Kier alpha value is -2.83. The molecular weight excluding hydrogens is 463 g/mol. The maximum absolute atomic E-state index is 13.0. The van der Waals surface area contributed by atoms with Crippen LogP contribution in [0.3, 0.4) is 0 Å². The highest BCUT2D eigenvalue weighted by Gasteiger charge is 2.37. The third kappa shape index (κ3) is 6.15. The molecule has 0 saturated heterocycles. The lowest BCUT2D eigenvalue weighted by Crippen LogP contribution is -2.44. The van der Waals surface area contributed by atoms with Crippen molar-refractivity contribution in [3.05, 3.63) is 81.0 Å². The van der Waals surface area contributed by atoms with Crippen molar-refractivity contribution in [3.63, 3.8) is 0 Å². The van der Waals surface area contributed by atoms with E-state index in [1.807, 2.05) is 30.3 Å². The van der Waals surface area contributed by atoms with E-state index in [0.717, 1.165) is 5.56 Å². The van der Waals surface area contributed by atoms with Crippen LogP contribution in [0.2, 0.25) is 10.0 Å². The lowest BCUT2D eigenvalue weighted by atomic mass is 9.83. The van der Waals surface area contributed by atoms with E-state index in [2.05, 4.69) is 5.32 Å².